The summed E-state index contributed by atoms with van der Waals surface area (Å²) in [5.74, 6) is -0.0885. The maximum atomic E-state index is 14.5. The smallest absolute Gasteiger partial charge is 0.407 e. The van der Waals surface area contributed by atoms with Crippen LogP contribution in [0.2, 0.25) is 0 Å². The number of anilines is 1. The lowest BCUT2D eigenvalue weighted by atomic mass is 9.98. The summed E-state index contributed by atoms with van der Waals surface area (Å²) in [7, 11) is 1.46. The van der Waals surface area contributed by atoms with Crippen molar-refractivity contribution in [3.05, 3.63) is 22.5 Å². The van der Waals surface area contributed by atoms with Gasteiger partial charge >= 0.3 is 11.8 Å². The second kappa shape index (κ2) is 5.30. The molecular formula is C17H18FN5O4. The van der Waals surface area contributed by atoms with E-state index in [9.17, 15) is 19.1 Å². The Balaban J connectivity index is 1.78. The first-order chi connectivity index (χ1) is 12.9. The number of aryl methyl sites for hydroxylation is 1. The normalized spacial score (nSPS) is 28.7. The zero-order valence-electron chi connectivity index (χ0n) is 14.8. The summed E-state index contributed by atoms with van der Waals surface area (Å²) in [5.41, 5.74) is -0.481. The van der Waals surface area contributed by atoms with Crippen molar-refractivity contribution >= 4 is 22.8 Å². The van der Waals surface area contributed by atoms with E-state index in [1.165, 1.54) is 11.9 Å². The quantitative estimate of drug-likeness (QED) is 0.731. The standard InChI is InChI=1S/C17H18FN5O4/c1-7-12-10-4-3-8(23(10)17(25)26)6-22(12)14-11-13(21(2)16(24)20-14)9(18)5-19-15(11)27-7/h5,7-8,10,12H,3-4,6H2,1-2H3,(H,25,26). The predicted octanol–water partition coefficient (Wildman–Crippen LogP) is 0.948. The molecule has 1 N–H and O–H groups in total. The van der Waals surface area contributed by atoms with Gasteiger partial charge < -0.3 is 14.7 Å². The molecule has 2 saturated heterocycles. The molecule has 9 nitrogen and oxygen atoms in total. The highest BCUT2D eigenvalue weighted by Crippen LogP contribution is 2.43. The van der Waals surface area contributed by atoms with Crippen molar-refractivity contribution in [2.75, 3.05) is 11.4 Å². The Kier molecular flexibility index (Phi) is 3.20. The summed E-state index contributed by atoms with van der Waals surface area (Å²) in [4.78, 5) is 35.9. The molecule has 2 bridgehead atoms. The van der Waals surface area contributed by atoms with E-state index in [1.807, 2.05) is 11.8 Å². The van der Waals surface area contributed by atoms with E-state index in [-0.39, 0.29) is 29.5 Å². The molecule has 4 unspecified atom stereocenters. The van der Waals surface area contributed by atoms with E-state index >= 15 is 0 Å². The summed E-state index contributed by atoms with van der Waals surface area (Å²) in [5, 5.41) is 10.0. The van der Waals surface area contributed by atoms with Crippen molar-refractivity contribution < 1.29 is 19.0 Å². The fraction of sp³-hybridized carbons (Fsp3) is 0.529. The monoisotopic (exact) mass is 375 g/mol. The molecule has 3 aliphatic heterocycles. The first-order valence-electron chi connectivity index (χ1n) is 8.88. The summed E-state index contributed by atoms with van der Waals surface area (Å²) in [6.07, 6.45) is 1.11. The molecule has 2 fully saturated rings. The third kappa shape index (κ3) is 2.03. The van der Waals surface area contributed by atoms with Gasteiger partial charge in [0.1, 0.15) is 17.3 Å². The van der Waals surface area contributed by atoms with E-state index < -0.39 is 23.7 Å². The van der Waals surface area contributed by atoms with E-state index in [0.717, 1.165) is 17.2 Å². The molecule has 142 valence electrons. The van der Waals surface area contributed by atoms with Crippen LogP contribution in [0.3, 0.4) is 0 Å². The number of hydrogen-bond acceptors (Lipinski definition) is 6. The van der Waals surface area contributed by atoms with Crippen LogP contribution in [0.1, 0.15) is 19.8 Å². The molecule has 2 aromatic rings. The lowest BCUT2D eigenvalue weighted by Gasteiger charge is -2.47. The van der Waals surface area contributed by atoms with E-state index in [0.29, 0.717) is 24.2 Å². The minimum absolute atomic E-state index is 0.0934. The van der Waals surface area contributed by atoms with E-state index in [1.54, 1.807) is 0 Å². The Hall–Kier alpha value is -2.91. The molecular weight excluding hydrogens is 357 g/mol. The summed E-state index contributed by atoms with van der Waals surface area (Å²) in [6, 6.07) is -0.809. The first kappa shape index (κ1) is 16.3. The molecule has 3 aliphatic rings. The predicted molar refractivity (Wildman–Crippen MR) is 92.6 cm³/mol. The van der Waals surface area contributed by atoms with Gasteiger partial charge in [0.15, 0.2) is 5.82 Å². The Morgan fingerprint density at radius 1 is 1.41 bits per heavy atom. The molecule has 4 atom stereocenters. The fourth-order valence-corrected chi connectivity index (χ4v) is 4.93. The van der Waals surface area contributed by atoms with Crippen LogP contribution >= 0.6 is 0 Å². The minimum Gasteiger partial charge on any atom is -0.472 e. The van der Waals surface area contributed by atoms with Crippen LogP contribution in [-0.4, -0.2) is 61.4 Å². The molecule has 5 rings (SSSR count). The number of aromatic nitrogens is 3. The maximum absolute atomic E-state index is 14.5. The molecule has 0 saturated carbocycles. The number of fused-ring (bicyclic) bond motifs is 5. The molecule has 27 heavy (non-hydrogen) atoms. The largest absolute Gasteiger partial charge is 0.472 e. The topological polar surface area (TPSA) is 101 Å². The SMILES string of the molecule is CC1Oc2ncc(F)c3c2c(nc(=O)n3C)N2CC3CCC(C12)N3C(=O)O. The summed E-state index contributed by atoms with van der Waals surface area (Å²) in [6.45, 7) is 2.23. The van der Waals surface area contributed by atoms with Gasteiger partial charge in [-0.3, -0.25) is 9.47 Å². The van der Waals surface area contributed by atoms with Crippen molar-refractivity contribution in [1.29, 1.82) is 0 Å². The molecule has 0 radical (unpaired) electrons. The van der Waals surface area contributed by atoms with Crippen LogP contribution in [0.15, 0.2) is 11.0 Å². The molecule has 10 heteroatoms. The van der Waals surface area contributed by atoms with Gasteiger partial charge in [-0.15, -0.1) is 0 Å². The molecule has 5 heterocycles. The Labute approximate surface area is 153 Å². The molecule has 0 aromatic carbocycles. The highest BCUT2D eigenvalue weighted by Gasteiger charge is 2.52. The van der Waals surface area contributed by atoms with Crippen LogP contribution in [0.5, 0.6) is 5.88 Å². The Morgan fingerprint density at radius 2 is 2.19 bits per heavy atom. The third-order valence-corrected chi connectivity index (χ3v) is 6.00. The average Bonchev–Trinajstić information content (AvgIpc) is 2.87. The van der Waals surface area contributed by atoms with Crippen LogP contribution in [0.4, 0.5) is 15.0 Å². The number of pyridine rings is 1. The lowest BCUT2D eigenvalue weighted by molar-refractivity contribution is 0.0707. The Morgan fingerprint density at radius 3 is 2.93 bits per heavy atom. The van der Waals surface area contributed by atoms with Crippen molar-refractivity contribution in [2.45, 2.75) is 44.0 Å². The fourth-order valence-electron chi connectivity index (χ4n) is 4.93. The van der Waals surface area contributed by atoms with Crippen molar-refractivity contribution in [2.24, 2.45) is 7.05 Å². The van der Waals surface area contributed by atoms with Gasteiger partial charge in [-0.05, 0) is 19.8 Å². The number of hydrogen-bond donors (Lipinski definition) is 1. The lowest BCUT2D eigenvalue weighted by Crippen LogP contribution is -2.65. The van der Waals surface area contributed by atoms with Crippen molar-refractivity contribution in [1.82, 2.24) is 19.4 Å². The number of rotatable bonds is 0. The average molecular weight is 375 g/mol. The number of halogens is 1. The highest BCUT2D eigenvalue weighted by molar-refractivity contribution is 5.95. The third-order valence-electron chi connectivity index (χ3n) is 6.00. The van der Waals surface area contributed by atoms with Crippen LogP contribution in [0.25, 0.3) is 10.9 Å². The molecule has 1 amide bonds. The van der Waals surface area contributed by atoms with Crippen molar-refractivity contribution in [3.8, 4) is 5.88 Å². The van der Waals surface area contributed by atoms with Gasteiger partial charge in [0, 0.05) is 13.6 Å². The number of ether oxygens (including phenoxy) is 1. The second-order valence-corrected chi connectivity index (χ2v) is 7.37. The number of carbonyl (C=O) groups is 1. The van der Waals surface area contributed by atoms with Gasteiger partial charge in [-0.1, -0.05) is 0 Å². The summed E-state index contributed by atoms with van der Waals surface area (Å²) < 4.78 is 21.7. The zero-order valence-corrected chi connectivity index (χ0v) is 14.8. The van der Waals surface area contributed by atoms with Crippen molar-refractivity contribution in [3.63, 3.8) is 0 Å². The van der Waals surface area contributed by atoms with Gasteiger partial charge in [0.2, 0.25) is 5.88 Å². The number of amides is 1. The van der Waals surface area contributed by atoms with E-state index in [4.69, 9.17) is 4.74 Å². The van der Waals surface area contributed by atoms with Crippen LogP contribution in [-0.2, 0) is 7.05 Å². The van der Waals surface area contributed by atoms with Gasteiger partial charge in [0.05, 0.1) is 29.8 Å². The van der Waals surface area contributed by atoms with E-state index in [2.05, 4.69) is 9.97 Å². The zero-order chi connectivity index (χ0) is 19.0. The van der Waals surface area contributed by atoms with Gasteiger partial charge in [0.25, 0.3) is 0 Å². The number of nitrogens with zero attached hydrogens (tertiary/aromatic N) is 5. The highest BCUT2D eigenvalue weighted by atomic mass is 19.1. The molecule has 0 spiro atoms. The Bertz CT molecular complexity index is 1040. The molecule has 2 aromatic heterocycles. The first-order valence-corrected chi connectivity index (χ1v) is 8.88. The van der Waals surface area contributed by atoms with Crippen LogP contribution < -0.4 is 15.3 Å². The number of carboxylic acid groups (broad SMARTS) is 1. The minimum atomic E-state index is -0.956. The maximum Gasteiger partial charge on any atom is 0.407 e. The summed E-state index contributed by atoms with van der Waals surface area (Å²) >= 11 is 0. The molecule has 0 aliphatic carbocycles. The van der Waals surface area contributed by atoms with Gasteiger partial charge in [-0.25, -0.2) is 19.0 Å². The van der Waals surface area contributed by atoms with Gasteiger partial charge in [-0.2, -0.15) is 4.98 Å². The second-order valence-electron chi connectivity index (χ2n) is 7.37. The van der Waals surface area contributed by atoms with Crippen LogP contribution in [0, 0.1) is 5.82 Å². The number of piperazine rings is 1.